The van der Waals surface area contributed by atoms with Crippen LogP contribution in [0.4, 0.5) is 0 Å². The van der Waals surface area contributed by atoms with Gasteiger partial charge < -0.3 is 9.47 Å². The minimum Gasteiger partial charge on any atom is -0.483 e. The van der Waals surface area contributed by atoms with Gasteiger partial charge in [-0.05, 0) is 39.2 Å². The molecule has 74 valence electrons. The van der Waals surface area contributed by atoms with Gasteiger partial charge in [-0.25, -0.2) is 0 Å². The Kier molecular flexibility index (Phi) is 1.91. The number of hydrogen-bond donors (Lipinski definition) is 0. The van der Waals surface area contributed by atoms with Crippen LogP contribution in [0.15, 0.2) is 11.3 Å². The van der Waals surface area contributed by atoms with Crippen molar-refractivity contribution >= 4 is 0 Å². The summed E-state index contributed by atoms with van der Waals surface area (Å²) in [6, 6.07) is 0. The lowest BCUT2D eigenvalue weighted by Crippen LogP contribution is -2.37. The zero-order valence-corrected chi connectivity index (χ0v) is 8.89. The summed E-state index contributed by atoms with van der Waals surface area (Å²) in [5, 5.41) is 0. The molecule has 1 aliphatic carbocycles. The maximum Gasteiger partial charge on any atom is 0.161 e. The Labute approximate surface area is 79.9 Å². The molecule has 2 unspecified atom stereocenters. The number of allylic oxidation sites excluding steroid dienone is 1. The largest absolute Gasteiger partial charge is 0.483 e. The highest BCUT2D eigenvalue weighted by Crippen LogP contribution is 2.48. The first-order valence-electron chi connectivity index (χ1n) is 4.97. The number of rotatable bonds is 2. The lowest BCUT2D eigenvalue weighted by atomic mass is 9.79. The SMILES string of the molecule is COC(C)(C)C1CCC(C)=C2OC21. The highest BCUT2D eigenvalue weighted by molar-refractivity contribution is 5.27. The quantitative estimate of drug-likeness (QED) is 0.612. The van der Waals surface area contributed by atoms with Gasteiger partial charge in [-0.1, -0.05) is 0 Å². The summed E-state index contributed by atoms with van der Waals surface area (Å²) in [4.78, 5) is 0. The van der Waals surface area contributed by atoms with Gasteiger partial charge >= 0.3 is 0 Å². The van der Waals surface area contributed by atoms with Crippen LogP contribution in [0, 0.1) is 5.92 Å². The van der Waals surface area contributed by atoms with Crippen molar-refractivity contribution < 1.29 is 9.47 Å². The van der Waals surface area contributed by atoms with Crippen molar-refractivity contribution in [1.82, 2.24) is 0 Å². The van der Waals surface area contributed by atoms with Gasteiger partial charge in [0.15, 0.2) is 6.10 Å². The van der Waals surface area contributed by atoms with Crippen molar-refractivity contribution in [3.8, 4) is 0 Å². The second kappa shape index (κ2) is 2.74. The van der Waals surface area contributed by atoms with Crippen LogP contribution in [-0.2, 0) is 9.47 Å². The van der Waals surface area contributed by atoms with Crippen molar-refractivity contribution in [2.24, 2.45) is 5.92 Å². The number of ether oxygens (including phenoxy) is 2. The third kappa shape index (κ3) is 1.37. The molecule has 1 aliphatic heterocycles. The number of fused-ring (bicyclic) bond motifs is 1. The van der Waals surface area contributed by atoms with Crippen molar-refractivity contribution in [2.75, 3.05) is 7.11 Å². The van der Waals surface area contributed by atoms with Crippen LogP contribution in [0.3, 0.4) is 0 Å². The van der Waals surface area contributed by atoms with E-state index in [4.69, 9.17) is 9.47 Å². The lowest BCUT2D eigenvalue weighted by molar-refractivity contribution is -0.0398. The molecule has 0 N–H and O–H groups in total. The van der Waals surface area contributed by atoms with Crippen LogP contribution in [0.5, 0.6) is 0 Å². The molecule has 0 radical (unpaired) electrons. The Morgan fingerprint density at radius 2 is 2.15 bits per heavy atom. The fourth-order valence-corrected chi connectivity index (χ4v) is 2.22. The van der Waals surface area contributed by atoms with Gasteiger partial charge in [0.1, 0.15) is 5.76 Å². The highest BCUT2D eigenvalue weighted by Gasteiger charge is 2.50. The van der Waals surface area contributed by atoms with E-state index < -0.39 is 0 Å². The van der Waals surface area contributed by atoms with E-state index in [1.807, 2.05) is 0 Å². The van der Waals surface area contributed by atoms with Gasteiger partial charge in [-0.15, -0.1) is 0 Å². The fraction of sp³-hybridized carbons (Fsp3) is 0.818. The molecule has 2 atom stereocenters. The monoisotopic (exact) mass is 182 g/mol. The first-order valence-corrected chi connectivity index (χ1v) is 4.97. The zero-order chi connectivity index (χ0) is 9.64. The minimum atomic E-state index is -0.0485. The van der Waals surface area contributed by atoms with Gasteiger partial charge in [0, 0.05) is 13.0 Å². The summed E-state index contributed by atoms with van der Waals surface area (Å²) in [5.74, 6) is 1.78. The summed E-state index contributed by atoms with van der Waals surface area (Å²) >= 11 is 0. The molecule has 0 aromatic heterocycles. The van der Waals surface area contributed by atoms with Crippen molar-refractivity contribution in [3.63, 3.8) is 0 Å². The van der Waals surface area contributed by atoms with E-state index in [0.717, 1.165) is 0 Å². The summed E-state index contributed by atoms with van der Waals surface area (Å²) in [7, 11) is 1.78. The van der Waals surface area contributed by atoms with Crippen LogP contribution in [0.2, 0.25) is 0 Å². The van der Waals surface area contributed by atoms with E-state index in [-0.39, 0.29) is 5.60 Å². The molecule has 0 aromatic carbocycles. The first-order chi connectivity index (χ1) is 6.06. The molecular weight excluding hydrogens is 164 g/mol. The first kappa shape index (κ1) is 9.07. The van der Waals surface area contributed by atoms with Gasteiger partial charge in [0.25, 0.3) is 0 Å². The van der Waals surface area contributed by atoms with Gasteiger partial charge in [0.05, 0.1) is 5.60 Å². The standard InChI is InChI=1S/C11H18O2/c1-7-5-6-8(10-9(7)13-10)11(2,3)12-4/h8,10H,5-6H2,1-4H3. The summed E-state index contributed by atoms with van der Waals surface area (Å²) in [6.45, 7) is 6.47. The highest BCUT2D eigenvalue weighted by atomic mass is 16.6. The number of epoxide rings is 1. The van der Waals surface area contributed by atoms with Gasteiger partial charge in [-0.3, -0.25) is 0 Å². The molecule has 1 saturated heterocycles. The normalized spacial score (nSPS) is 32.6. The topological polar surface area (TPSA) is 21.8 Å². The van der Waals surface area contributed by atoms with E-state index in [2.05, 4.69) is 20.8 Å². The molecule has 2 rings (SSSR count). The Balaban J connectivity index is 2.14. The minimum absolute atomic E-state index is 0.0485. The summed E-state index contributed by atoms with van der Waals surface area (Å²) in [5.41, 5.74) is 1.39. The molecule has 1 fully saturated rings. The van der Waals surface area contributed by atoms with Crippen LogP contribution in [0.1, 0.15) is 33.6 Å². The molecule has 2 nitrogen and oxygen atoms in total. The molecule has 0 saturated carbocycles. The molecule has 13 heavy (non-hydrogen) atoms. The summed E-state index contributed by atoms with van der Waals surface area (Å²) < 4.78 is 11.1. The Hall–Kier alpha value is -0.500. The summed E-state index contributed by atoms with van der Waals surface area (Å²) in [6.07, 6.45) is 2.73. The fourth-order valence-electron chi connectivity index (χ4n) is 2.22. The predicted molar refractivity (Wildman–Crippen MR) is 51.4 cm³/mol. The molecule has 0 bridgehead atoms. The van der Waals surface area contributed by atoms with E-state index in [9.17, 15) is 0 Å². The van der Waals surface area contributed by atoms with Crippen LogP contribution in [-0.4, -0.2) is 18.8 Å². The van der Waals surface area contributed by atoms with Gasteiger partial charge in [0.2, 0.25) is 0 Å². The van der Waals surface area contributed by atoms with Crippen molar-refractivity contribution in [2.45, 2.75) is 45.3 Å². The Morgan fingerprint density at radius 3 is 2.77 bits per heavy atom. The second-order valence-electron chi connectivity index (χ2n) is 4.64. The predicted octanol–water partition coefficient (Wildman–Crippen LogP) is 2.49. The Bertz CT molecular complexity index is 253. The van der Waals surface area contributed by atoms with Gasteiger partial charge in [-0.2, -0.15) is 0 Å². The average molecular weight is 182 g/mol. The second-order valence-corrected chi connectivity index (χ2v) is 4.64. The molecule has 1 heterocycles. The third-order valence-corrected chi connectivity index (χ3v) is 3.49. The maximum absolute atomic E-state index is 5.59. The van der Waals surface area contributed by atoms with E-state index in [1.54, 1.807) is 7.11 Å². The van der Waals surface area contributed by atoms with E-state index >= 15 is 0 Å². The van der Waals surface area contributed by atoms with Crippen LogP contribution < -0.4 is 0 Å². The van der Waals surface area contributed by atoms with E-state index in [0.29, 0.717) is 12.0 Å². The van der Waals surface area contributed by atoms with E-state index in [1.165, 1.54) is 24.2 Å². The third-order valence-electron chi connectivity index (χ3n) is 3.49. The molecule has 2 heteroatoms. The maximum atomic E-state index is 5.59. The Morgan fingerprint density at radius 1 is 1.46 bits per heavy atom. The molecular formula is C11H18O2. The molecule has 2 aliphatic rings. The number of hydrogen-bond acceptors (Lipinski definition) is 2. The molecule has 0 spiro atoms. The average Bonchev–Trinajstić information content (AvgIpc) is 2.84. The molecule has 0 amide bonds. The smallest absolute Gasteiger partial charge is 0.161 e. The molecule has 0 aromatic rings. The number of methoxy groups -OCH3 is 1. The van der Waals surface area contributed by atoms with Crippen molar-refractivity contribution in [1.29, 1.82) is 0 Å². The van der Waals surface area contributed by atoms with Crippen molar-refractivity contribution in [3.05, 3.63) is 11.3 Å². The van der Waals surface area contributed by atoms with Crippen LogP contribution >= 0.6 is 0 Å². The zero-order valence-electron chi connectivity index (χ0n) is 8.89. The lowest BCUT2D eigenvalue weighted by Gasteiger charge is -2.32. The van der Waals surface area contributed by atoms with Crippen LogP contribution in [0.25, 0.3) is 0 Å².